The lowest BCUT2D eigenvalue weighted by molar-refractivity contribution is 0.728. The predicted molar refractivity (Wildman–Crippen MR) is 117 cm³/mol. The summed E-state index contributed by atoms with van der Waals surface area (Å²) in [6.07, 6.45) is 0. The van der Waals surface area contributed by atoms with Gasteiger partial charge in [-0.05, 0) is 42.7 Å². The maximum atomic E-state index is 6.03. The van der Waals surface area contributed by atoms with Crippen molar-refractivity contribution in [2.24, 2.45) is 12.0 Å². The standard InChI is InChI=1S/C22H26ClN5/c1-15-21(16(2)28(4)27-15)14-26-22(24-3)25-13-18-7-5-6-8-20(18)17-9-11-19(23)12-10-17/h5-12H,13-14H2,1-4H3,(H2,24,25,26). The minimum Gasteiger partial charge on any atom is -0.352 e. The van der Waals surface area contributed by atoms with Gasteiger partial charge in [-0.15, -0.1) is 0 Å². The molecule has 0 bridgehead atoms. The number of nitrogens with zero attached hydrogens (tertiary/aromatic N) is 3. The summed E-state index contributed by atoms with van der Waals surface area (Å²) in [5.41, 5.74) is 6.92. The zero-order valence-electron chi connectivity index (χ0n) is 16.8. The lowest BCUT2D eigenvalue weighted by Crippen LogP contribution is -2.36. The Labute approximate surface area is 171 Å². The number of aryl methyl sites for hydroxylation is 2. The van der Waals surface area contributed by atoms with Gasteiger partial charge in [-0.25, -0.2) is 0 Å². The number of hydrogen-bond acceptors (Lipinski definition) is 2. The van der Waals surface area contributed by atoms with Crippen LogP contribution in [0.4, 0.5) is 0 Å². The largest absolute Gasteiger partial charge is 0.352 e. The molecular formula is C22H26ClN5. The average molecular weight is 396 g/mol. The molecule has 0 unspecified atom stereocenters. The van der Waals surface area contributed by atoms with Crippen LogP contribution in [0.1, 0.15) is 22.5 Å². The Hall–Kier alpha value is -2.79. The Morgan fingerprint density at radius 3 is 2.36 bits per heavy atom. The number of halogens is 1. The molecule has 2 aromatic carbocycles. The third-order valence-electron chi connectivity index (χ3n) is 4.93. The second kappa shape index (κ2) is 8.93. The first-order valence-electron chi connectivity index (χ1n) is 9.27. The molecule has 5 nitrogen and oxygen atoms in total. The van der Waals surface area contributed by atoms with E-state index in [-0.39, 0.29) is 0 Å². The van der Waals surface area contributed by atoms with Crippen LogP contribution in [0.3, 0.4) is 0 Å². The van der Waals surface area contributed by atoms with Crippen molar-refractivity contribution < 1.29 is 0 Å². The number of benzene rings is 2. The molecule has 6 heteroatoms. The number of guanidine groups is 1. The Kier molecular flexibility index (Phi) is 6.37. The monoisotopic (exact) mass is 395 g/mol. The summed E-state index contributed by atoms with van der Waals surface area (Å²) in [5.74, 6) is 0.758. The molecule has 1 heterocycles. The molecule has 146 valence electrons. The quantitative estimate of drug-likeness (QED) is 0.502. The lowest BCUT2D eigenvalue weighted by Gasteiger charge is -2.15. The van der Waals surface area contributed by atoms with Crippen LogP contribution in [-0.2, 0) is 20.1 Å². The van der Waals surface area contributed by atoms with Gasteiger partial charge in [0.2, 0.25) is 0 Å². The Bertz CT molecular complexity index is 973. The first-order valence-corrected chi connectivity index (χ1v) is 9.65. The number of rotatable bonds is 5. The number of aliphatic imine (C=N–C) groups is 1. The van der Waals surface area contributed by atoms with Gasteiger partial charge in [0.15, 0.2) is 5.96 Å². The molecule has 0 amide bonds. The third kappa shape index (κ3) is 4.54. The van der Waals surface area contributed by atoms with Crippen molar-refractivity contribution >= 4 is 17.6 Å². The molecule has 0 aliphatic rings. The van der Waals surface area contributed by atoms with Crippen LogP contribution in [0.5, 0.6) is 0 Å². The molecular weight excluding hydrogens is 370 g/mol. The highest BCUT2D eigenvalue weighted by Gasteiger charge is 2.10. The van der Waals surface area contributed by atoms with Crippen molar-refractivity contribution in [2.75, 3.05) is 7.05 Å². The van der Waals surface area contributed by atoms with E-state index < -0.39 is 0 Å². The van der Waals surface area contributed by atoms with Crippen LogP contribution in [0.25, 0.3) is 11.1 Å². The van der Waals surface area contributed by atoms with Crippen molar-refractivity contribution in [3.63, 3.8) is 0 Å². The predicted octanol–water partition coefficient (Wildman–Crippen LogP) is 4.22. The maximum Gasteiger partial charge on any atom is 0.191 e. The molecule has 0 aliphatic carbocycles. The smallest absolute Gasteiger partial charge is 0.191 e. The molecule has 1 aromatic heterocycles. The minimum absolute atomic E-state index is 0.670. The molecule has 0 radical (unpaired) electrons. The summed E-state index contributed by atoms with van der Waals surface area (Å²) >= 11 is 6.03. The second-order valence-corrected chi connectivity index (χ2v) is 7.15. The maximum absolute atomic E-state index is 6.03. The van der Waals surface area contributed by atoms with E-state index in [0.29, 0.717) is 13.1 Å². The van der Waals surface area contributed by atoms with Gasteiger partial charge in [-0.3, -0.25) is 9.67 Å². The molecule has 0 aliphatic heterocycles. The fraction of sp³-hybridized carbons (Fsp3) is 0.273. The van der Waals surface area contributed by atoms with Crippen LogP contribution in [0, 0.1) is 13.8 Å². The van der Waals surface area contributed by atoms with E-state index in [1.54, 1.807) is 7.05 Å². The van der Waals surface area contributed by atoms with E-state index in [0.717, 1.165) is 27.9 Å². The summed E-state index contributed by atoms with van der Waals surface area (Å²) in [7, 11) is 3.75. The van der Waals surface area contributed by atoms with Gasteiger partial charge < -0.3 is 10.6 Å². The summed E-state index contributed by atoms with van der Waals surface area (Å²) in [5, 5.41) is 12.0. The van der Waals surface area contributed by atoms with Crippen molar-refractivity contribution in [2.45, 2.75) is 26.9 Å². The molecule has 3 aromatic rings. The van der Waals surface area contributed by atoms with E-state index in [1.807, 2.05) is 42.9 Å². The summed E-state index contributed by atoms with van der Waals surface area (Å²) in [6.45, 7) is 5.46. The molecule has 0 saturated carbocycles. The normalized spacial score (nSPS) is 11.5. The Morgan fingerprint density at radius 2 is 1.71 bits per heavy atom. The summed E-state index contributed by atoms with van der Waals surface area (Å²) in [4.78, 5) is 4.35. The van der Waals surface area contributed by atoms with Crippen molar-refractivity contribution in [1.29, 1.82) is 0 Å². The zero-order chi connectivity index (χ0) is 20.1. The van der Waals surface area contributed by atoms with Gasteiger partial charge in [0.1, 0.15) is 0 Å². The van der Waals surface area contributed by atoms with Crippen molar-refractivity contribution in [1.82, 2.24) is 20.4 Å². The zero-order valence-corrected chi connectivity index (χ0v) is 17.5. The minimum atomic E-state index is 0.670. The van der Waals surface area contributed by atoms with Crippen LogP contribution in [0.15, 0.2) is 53.5 Å². The highest BCUT2D eigenvalue weighted by Crippen LogP contribution is 2.25. The number of nitrogens with one attached hydrogen (secondary N) is 2. The fourth-order valence-electron chi connectivity index (χ4n) is 3.23. The van der Waals surface area contributed by atoms with Gasteiger partial charge in [0, 0.05) is 43.5 Å². The average Bonchev–Trinajstić information content (AvgIpc) is 2.94. The van der Waals surface area contributed by atoms with Crippen molar-refractivity contribution in [3.05, 3.63) is 76.1 Å². The van der Waals surface area contributed by atoms with Crippen LogP contribution < -0.4 is 10.6 Å². The summed E-state index contributed by atoms with van der Waals surface area (Å²) < 4.78 is 1.91. The lowest BCUT2D eigenvalue weighted by atomic mass is 10.00. The van der Waals surface area contributed by atoms with Crippen molar-refractivity contribution in [3.8, 4) is 11.1 Å². The van der Waals surface area contributed by atoms with E-state index in [9.17, 15) is 0 Å². The highest BCUT2D eigenvalue weighted by atomic mass is 35.5. The van der Waals surface area contributed by atoms with Gasteiger partial charge in [0.25, 0.3) is 0 Å². The van der Waals surface area contributed by atoms with Gasteiger partial charge in [-0.1, -0.05) is 48.0 Å². The molecule has 0 fully saturated rings. The van der Waals surface area contributed by atoms with Gasteiger partial charge in [-0.2, -0.15) is 5.10 Å². The first-order chi connectivity index (χ1) is 13.5. The third-order valence-corrected chi connectivity index (χ3v) is 5.19. The Morgan fingerprint density at radius 1 is 1.04 bits per heavy atom. The molecule has 28 heavy (non-hydrogen) atoms. The number of aromatic nitrogens is 2. The van der Waals surface area contributed by atoms with Crippen LogP contribution in [0.2, 0.25) is 5.02 Å². The van der Waals surface area contributed by atoms with E-state index in [4.69, 9.17) is 11.6 Å². The van der Waals surface area contributed by atoms with Crippen LogP contribution >= 0.6 is 11.6 Å². The highest BCUT2D eigenvalue weighted by molar-refractivity contribution is 6.30. The first kappa shape index (κ1) is 20.0. The Balaban J connectivity index is 1.68. The fourth-order valence-corrected chi connectivity index (χ4v) is 3.36. The summed E-state index contributed by atoms with van der Waals surface area (Å²) in [6, 6.07) is 16.3. The topological polar surface area (TPSA) is 54.2 Å². The van der Waals surface area contributed by atoms with E-state index in [2.05, 4.69) is 51.9 Å². The molecule has 3 rings (SSSR count). The van der Waals surface area contributed by atoms with Crippen LogP contribution in [-0.4, -0.2) is 22.8 Å². The SMILES string of the molecule is CN=C(NCc1ccccc1-c1ccc(Cl)cc1)NCc1c(C)nn(C)c1C. The molecule has 0 spiro atoms. The molecule has 2 N–H and O–H groups in total. The van der Waals surface area contributed by atoms with Gasteiger partial charge >= 0.3 is 0 Å². The number of hydrogen-bond donors (Lipinski definition) is 2. The second-order valence-electron chi connectivity index (χ2n) is 6.72. The molecule has 0 atom stereocenters. The van der Waals surface area contributed by atoms with E-state index in [1.165, 1.54) is 16.7 Å². The molecule has 0 saturated heterocycles. The van der Waals surface area contributed by atoms with Gasteiger partial charge in [0.05, 0.1) is 5.69 Å². The van der Waals surface area contributed by atoms with E-state index >= 15 is 0 Å².